The molecule has 0 aliphatic rings. The fourth-order valence-corrected chi connectivity index (χ4v) is 2.37. The second-order valence-electron chi connectivity index (χ2n) is 4.88. The molecule has 0 saturated carbocycles. The number of aromatic nitrogens is 1. The van der Waals surface area contributed by atoms with E-state index in [-0.39, 0.29) is 11.6 Å². The van der Waals surface area contributed by atoms with Gasteiger partial charge in [0.25, 0.3) is 5.91 Å². The van der Waals surface area contributed by atoms with E-state index in [2.05, 4.69) is 26.4 Å². The van der Waals surface area contributed by atoms with Gasteiger partial charge in [-0.2, -0.15) is 0 Å². The highest BCUT2D eigenvalue weighted by atomic mass is 79.9. The number of aryl methyl sites for hydroxylation is 1. The van der Waals surface area contributed by atoms with Crippen molar-refractivity contribution in [3.8, 4) is 11.3 Å². The number of rotatable bonds is 3. The number of para-hydroxylation sites is 1. The highest BCUT2D eigenvalue weighted by molar-refractivity contribution is 9.10. The molecule has 1 aromatic heterocycles. The van der Waals surface area contributed by atoms with Crippen molar-refractivity contribution in [3.63, 3.8) is 0 Å². The van der Waals surface area contributed by atoms with Crippen LogP contribution in [0.1, 0.15) is 16.1 Å². The van der Waals surface area contributed by atoms with Crippen LogP contribution < -0.4 is 5.32 Å². The summed E-state index contributed by atoms with van der Waals surface area (Å²) in [6, 6.07) is 16.9. The summed E-state index contributed by atoms with van der Waals surface area (Å²) < 4.78 is 6.07. The minimum atomic E-state index is -0.311. The Kier molecular flexibility index (Phi) is 4.06. The highest BCUT2D eigenvalue weighted by Crippen LogP contribution is 2.24. The Balaban J connectivity index is 1.80. The summed E-state index contributed by atoms with van der Waals surface area (Å²) in [7, 11) is 0. The number of carbonyl (C=O) groups excluding carboxylic acids is 1. The van der Waals surface area contributed by atoms with E-state index in [4.69, 9.17) is 4.52 Å². The molecule has 1 N–H and O–H groups in total. The average Bonchev–Trinajstić information content (AvgIpc) is 3.00. The zero-order valence-electron chi connectivity index (χ0n) is 11.8. The number of hydrogen-bond acceptors (Lipinski definition) is 3. The van der Waals surface area contributed by atoms with Crippen LogP contribution in [0.25, 0.3) is 11.3 Å². The second kappa shape index (κ2) is 6.15. The summed E-state index contributed by atoms with van der Waals surface area (Å²) >= 11 is 3.39. The van der Waals surface area contributed by atoms with Gasteiger partial charge < -0.3 is 9.84 Å². The molecule has 1 amide bonds. The first-order chi connectivity index (χ1) is 10.6. The molecule has 2 aromatic carbocycles. The Morgan fingerprint density at radius 2 is 1.86 bits per heavy atom. The number of benzene rings is 2. The molecular weight excluding hydrogens is 344 g/mol. The van der Waals surface area contributed by atoms with E-state index in [0.717, 1.165) is 15.6 Å². The lowest BCUT2D eigenvalue weighted by Gasteiger charge is -2.04. The predicted molar refractivity (Wildman–Crippen MR) is 88.8 cm³/mol. The predicted octanol–water partition coefficient (Wildman–Crippen LogP) is 4.66. The topological polar surface area (TPSA) is 55.1 Å². The minimum Gasteiger partial charge on any atom is -0.355 e. The number of carbonyl (C=O) groups is 1. The Morgan fingerprint density at radius 1 is 1.14 bits per heavy atom. The molecule has 110 valence electrons. The third-order valence-electron chi connectivity index (χ3n) is 3.20. The van der Waals surface area contributed by atoms with Gasteiger partial charge in [-0.1, -0.05) is 47.1 Å². The summed E-state index contributed by atoms with van der Waals surface area (Å²) in [6.07, 6.45) is 0. The lowest BCUT2D eigenvalue weighted by molar-refractivity contribution is 0.101. The number of anilines is 1. The average molecular weight is 357 g/mol. The van der Waals surface area contributed by atoms with Crippen LogP contribution in [0.3, 0.4) is 0 Å². The molecule has 0 aliphatic heterocycles. The smallest absolute Gasteiger partial charge is 0.277 e. The molecule has 3 aromatic rings. The Bertz CT molecular complexity index is 810. The SMILES string of the molecule is Cc1ccc(-c2cc(C(=O)Nc3ccccc3Br)no2)cc1. The molecule has 0 fully saturated rings. The molecule has 3 rings (SSSR count). The molecule has 1 heterocycles. The summed E-state index contributed by atoms with van der Waals surface area (Å²) in [6.45, 7) is 2.01. The van der Waals surface area contributed by atoms with Gasteiger partial charge in [0, 0.05) is 16.1 Å². The molecule has 0 unspecified atom stereocenters. The van der Waals surface area contributed by atoms with E-state index in [9.17, 15) is 4.79 Å². The van der Waals surface area contributed by atoms with Crippen molar-refractivity contribution in [1.82, 2.24) is 5.16 Å². The molecule has 5 heteroatoms. The zero-order valence-corrected chi connectivity index (χ0v) is 13.4. The lowest BCUT2D eigenvalue weighted by Crippen LogP contribution is -2.12. The van der Waals surface area contributed by atoms with Gasteiger partial charge in [0.05, 0.1) is 5.69 Å². The first kappa shape index (κ1) is 14.5. The van der Waals surface area contributed by atoms with Gasteiger partial charge in [-0.05, 0) is 35.0 Å². The summed E-state index contributed by atoms with van der Waals surface area (Å²) in [4.78, 5) is 12.2. The van der Waals surface area contributed by atoms with Gasteiger partial charge in [-0.25, -0.2) is 0 Å². The van der Waals surface area contributed by atoms with Crippen LogP contribution in [0.15, 0.2) is 63.6 Å². The van der Waals surface area contributed by atoms with Crippen molar-refractivity contribution in [2.45, 2.75) is 6.92 Å². The van der Waals surface area contributed by atoms with Gasteiger partial charge in [-0.15, -0.1) is 0 Å². The van der Waals surface area contributed by atoms with Gasteiger partial charge >= 0.3 is 0 Å². The normalized spacial score (nSPS) is 10.5. The highest BCUT2D eigenvalue weighted by Gasteiger charge is 2.14. The van der Waals surface area contributed by atoms with E-state index in [1.807, 2.05) is 55.5 Å². The van der Waals surface area contributed by atoms with Crippen LogP contribution >= 0.6 is 15.9 Å². The third-order valence-corrected chi connectivity index (χ3v) is 3.89. The largest absolute Gasteiger partial charge is 0.355 e. The standard InChI is InChI=1S/C17H13BrN2O2/c1-11-6-8-12(9-7-11)16-10-15(20-22-16)17(21)19-14-5-3-2-4-13(14)18/h2-10H,1H3,(H,19,21). The van der Waals surface area contributed by atoms with Gasteiger partial charge in [0.15, 0.2) is 11.5 Å². The molecule has 0 aliphatic carbocycles. The summed E-state index contributed by atoms with van der Waals surface area (Å²) in [5.74, 6) is 0.256. The molecule has 22 heavy (non-hydrogen) atoms. The second-order valence-corrected chi connectivity index (χ2v) is 5.73. The van der Waals surface area contributed by atoms with Crippen molar-refractivity contribution in [1.29, 1.82) is 0 Å². The minimum absolute atomic E-state index is 0.242. The van der Waals surface area contributed by atoms with Crippen LogP contribution in [0.5, 0.6) is 0 Å². The van der Waals surface area contributed by atoms with Crippen LogP contribution in [0.2, 0.25) is 0 Å². The molecule has 0 spiro atoms. The maximum atomic E-state index is 12.2. The number of halogens is 1. The Morgan fingerprint density at radius 3 is 2.59 bits per heavy atom. The van der Waals surface area contributed by atoms with E-state index < -0.39 is 0 Å². The summed E-state index contributed by atoms with van der Waals surface area (Å²) in [5.41, 5.74) is 2.98. The van der Waals surface area contributed by atoms with E-state index in [1.54, 1.807) is 6.07 Å². The monoisotopic (exact) mass is 356 g/mol. The molecule has 0 bridgehead atoms. The Hall–Kier alpha value is -2.40. The summed E-state index contributed by atoms with van der Waals surface area (Å²) in [5, 5.41) is 6.63. The quantitative estimate of drug-likeness (QED) is 0.741. The number of amides is 1. The fraction of sp³-hybridized carbons (Fsp3) is 0.0588. The van der Waals surface area contributed by atoms with Gasteiger partial charge in [0.2, 0.25) is 0 Å². The molecule has 4 nitrogen and oxygen atoms in total. The lowest BCUT2D eigenvalue weighted by atomic mass is 10.1. The van der Waals surface area contributed by atoms with Crippen molar-refractivity contribution < 1.29 is 9.32 Å². The molecule has 0 atom stereocenters. The number of nitrogens with zero attached hydrogens (tertiary/aromatic N) is 1. The van der Waals surface area contributed by atoms with Gasteiger partial charge in [-0.3, -0.25) is 4.79 Å². The Labute approximate surface area is 136 Å². The first-order valence-electron chi connectivity index (χ1n) is 6.73. The van der Waals surface area contributed by atoms with Crippen molar-refractivity contribution >= 4 is 27.5 Å². The number of hydrogen-bond donors (Lipinski definition) is 1. The van der Waals surface area contributed by atoms with E-state index in [1.165, 1.54) is 0 Å². The maximum absolute atomic E-state index is 12.2. The van der Waals surface area contributed by atoms with Crippen LogP contribution in [0.4, 0.5) is 5.69 Å². The third kappa shape index (κ3) is 3.09. The van der Waals surface area contributed by atoms with E-state index in [0.29, 0.717) is 11.4 Å². The zero-order chi connectivity index (χ0) is 15.5. The maximum Gasteiger partial charge on any atom is 0.277 e. The van der Waals surface area contributed by atoms with Crippen molar-refractivity contribution in [2.75, 3.05) is 5.32 Å². The van der Waals surface area contributed by atoms with Crippen LogP contribution in [-0.2, 0) is 0 Å². The van der Waals surface area contributed by atoms with Crippen molar-refractivity contribution in [3.05, 3.63) is 70.3 Å². The first-order valence-corrected chi connectivity index (χ1v) is 7.52. The van der Waals surface area contributed by atoms with Crippen LogP contribution in [-0.4, -0.2) is 11.1 Å². The van der Waals surface area contributed by atoms with Crippen LogP contribution in [0, 0.1) is 6.92 Å². The molecular formula is C17H13BrN2O2. The van der Waals surface area contributed by atoms with Crippen molar-refractivity contribution in [2.24, 2.45) is 0 Å². The number of nitrogens with one attached hydrogen (secondary N) is 1. The van der Waals surface area contributed by atoms with E-state index >= 15 is 0 Å². The molecule has 0 saturated heterocycles. The van der Waals surface area contributed by atoms with Gasteiger partial charge in [0.1, 0.15) is 0 Å². The fourth-order valence-electron chi connectivity index (χ4n) is 1.99. The molecule has 0 radical (unpaired) electrons.